The number of nitrogens with zero attached hydrogens (tertiary/aromatic N) is 2. The first-order chi connectivity index (χ1) is 14.5. The van der Waals surface area contributed by atoms with Gasteiger partial charge in [-0.05, 0) is 62.6 Å². The van der Waals surface area contributed by atoms with E-state index < -0.39 is 0 Å². The Hall–Kier alpha value is -2.24. The van der Waals surface area contributed by atoms with Gasteiger partial charge in [0.05, 0.1) is 0 Å². The van der Waals surface area contributed by atoms with Crippen LogP contribution in [0.1, 0.15) is 48.7 Å². The highest BCUT2D eigenvalue weighted by Gasteiger charge is 2.54. The lowest BCUT2D eigenvalue weighted by atomic mass is 9.62. The van der Waals surface area contributed by atoms with Crippen molar-refractivity contribution in [1.29, 1.82) is 0 Å². The third-order valence-corrected chi connectivity index (χ3v) is 7.18. The van der Waals surface area contributed by atoms with Gasteiger partial charge in [-0.1, -0.05) is 23.7 Å². The van der Waals surface area contributed by atoms with Crippen molar-refractivity contribution < 1.29 is 14.3 Å². The molecule has 158 valence electrons. The fourth-order valence-corrected chi connectivity index (χ4v) is 5.38. The van der Waals surface area contributed by atoms with Crippen molar-refractivity contribution in [2.45, 2.75) is 38.8 Å². The number of ether oxygens (including phenoxy) is 2. The predicted octanol–water partition coefficient (Wildman–Crippen LogP) is 4.76. The second-order valence-corrected chi connectivity index (χ2v) is 9.38. The van der Waals surface area contributed by atoms with Gasteiger partial charge >= 0.3 is 0 Å². The molecule has 3 aliphatic heterocycles. The van der Waals surface area contributed by atoms with E-state index in [1.165, 1.54) is 5.56 Å². The van der Waals surface area contributed by atoms with Gasteiger partial charge in [0.25, 0.3) is 5.91 Å². The Kier molecular flexibility index (Phi) is 4.91. The summed E-state index contributed by atoms with van der Waals surface area (Å²) in [6.07, 6.45) is 2.03. The van der Waals surface area contributed by atoms with Crippen LogP contribution in [0.5, 0.6) is 11.5 Å². The quantitative estimate of drug-likeness (QED) is 0.709. The standard InChI is InChI=1S/C24H27ClN2O3/c1-16(2)27-14-24(22(27)17-3-6-19(25)7-4-17)9-11-26(12-10-24)23(28)18-5-8-20-21(13-18)30-15-29-20/h3-8,13,16,22H,9-12,14-15H2,1-2H3. The molecule has 1 unspecified atom stereocenters. The van der Waals surface area contributed by atoms with Crippen molar-refractivity contribution >= 4 is 17.5 Å². The van der Waals surface area contributed by atoms with Crippen LogP contribution in [0.25, 0.3) is 0 Å². The molecule has 1 spiro atoms. The summed E-state index contributed by atoms with van der Waals surface area (Å²) in [5, 5.41) is 0.771. The van der Waals surface area contributed by atoms with E-state index in [0.29, 0.717) is 29.1 Å². The topological polar surface area (TPSA) is 42.0 Å². The Labute approximate surface area is 182 Å². The second kappa shape index (κ2) is 7.47. The molecule has 5 rings (SSSR count). The highest BCUT2D eigenvalue weighted by molar-refractivity contribution is 6.30. The normalized spacial score (nSPS) is 22.4. The van der Waals surface area contributed by atoms with Gasteiger partial charge in [-0.2, -0.15) is 0 Å². The molecule has 3 heterocycles. The molecule has 0 N–H and O–H groups in total. The fraction of sp³-hybridized carbons (Fsp3) is 0.458. The van der Waals surface area contributed by atoms with Crippen molar-refractivity contribution in [3.05, 3.63) is 58.6 Å². The number of rotatable bonds is 3. The largest absolute Gasteiger partial charge is 0.454 e. The molecule has 1 atom stereocenters. The third kappa shape index (κ3) is 3.25. The van der Waals surface area contributed by atoms with Crippen molar-refractivity contribution in [3.8, 4) is 11.5 Å². The number of benzene rings is 2. The maximum atomic E-state index is 13.1. The van der Waals surface area contributed by atoms with Gasteiger partial charge in [0.1, 0.15) is 0 Å². The van der Waals surface area contributed by atoms with E-state index in [1.807, 2.05) is 29.2 Å². The van der Waals surface area contributed by atoms with Gasteiger partial charge in [0.2, 0.25) is 6.79 Å². The minimum atomic E-state index is 0.0752. The van der Waals surface area contributed by atoms with Gasteiger partial charge in [0, 0.05) is 47.7 Å². The molecule has 2 aromatic carbocycles. The zero-order valence-electron chi connectivity index (χ0n) is 17.4. The molecular weight excluding hydrogens is 400 g/mol. The van der Waals surface area contributed by atoms with Crippen LogP contribution in [0.15, 0.2) is 42.5 Å². The molecule has 2 saturated heterocycles. The molecule has 0 bridgehead atoms. The Morgan fingerprint density at radius 1 is 1.07 bits per heavy atom. The molecule has 5 nitrogen and oxygen atoms in total. The molecule has 0 saturated carbocycles. The molecule has 0 aliphatic carbocycles. The number of carbonyl (C=O) groups is 1. The van der Waals surface area contributed by atoms with Crippen LogP contribution in [0, 0.1) is 5.41 Å². The van der Waals surface area contributed by atoms with E-state index >= 15 is 0 Å². The monoisotopic (exact) mass is 426 g/mol. The molecule has 0 aromatic heterocycles. The van der Waals surface area contributed by atoms with E-state index in [4.69, 9.17) is 21.1 Å². The number of fused-ring (bicyclic) bond motifs is 1. The second-order valence-electron chi connectivity index (χ2n) is 8.94. The highest BCUT2D eigenvalue weighted by Crippen LogP contribution is 2.55. The van der Waals surface area contributed by atoms with Crippen LogP contribution in [0.3, 0.4) is 0 Å². The van der Waals surface area contributed by atoms with E-state index in [1.54, 1.807) is 6.07 Å². The lowest BCUT2D eigenvalue weighted by Gasteiger charge is -2.62. The van der Waals surface area contributed by atoms with Crippen molar-refractivity contribution in [2.75, 3.05) is 26.4 Å². The molecule has 2 fully saturated rings. The number of piperidine rings is 1. The van der Waals surface area contributed by atoms with Gasteiger partial charge in [-0.25, -0.2) is 0 Å². The Bertz CT molecular complexity index is 951. The number of halogens is 1. The van der Waals surface area contributed by atoms with Gasteiger partial charge in [0.15, 0.2) is 11.5 Å². The third-order valence-electron chi connectivity index (χ3n) is 6.92. The van der Waals surface area contributed by atoms with E-state index in [9.17, 15) is 4.79 Å². The SMILES string of the molecule is CC(C)N1CC2(CCN(C(=O)c3ccc4c(c3)OCO4)CC2)C1c1ccc(Cl)cc1. The summed E-state index contributed by atoms with van der Waals surface area (Å²) in [6, 6.07) is 14.6. The fourth-order valence-electron chi connectivity index (χ4n) is 5.25. The zero-order valence-corrected chi connectivity index (χ0v) is 18.2. The van der Waals surface area contributed by atoms with Crippen molar-refractivity contribution in [1.82, 2.24) is 9.80 Å². The van der Waals surface area contributed by atoms with E-state index in [0.717, 1.165) is 37.5 Å². The first-order valence-electron chi connectivity index (χ1n) is 10.7. The summed E-state index contributed by atoms with van der Waals surface area (Å²) in [5.74, 6) is 1.44. The van der Waals surface area contributed by atoms with Gasteiger partial charge in [-0.3, -0.25) is 9.69 Å². The molecule has 3 aliphatic rings. The lowest BCUT2D eigenvalue weighted by Crippen LogP contribution is -2.64. The van der Waals surface area contributed by atoms with Crippen LogP contribution in [0.4, 0.5) is 0 Å². The first-order valence-corrected chi connectivity index (χ1v) is 11.0. The van der Waals surface area contributed by atoms with Crippen molar-refractivity contribution in [3.63, 3.8) is 0 Å². The summed E-state index contributed by atoms with van der Waals surface area (Å²) < 4.78 is 10.8. The average molecular weight is 427 g/mol. The molecule has 6 heteroatoms. The molecular formula is C24H27ClN2O3. The van der Waals surface area contributed by atoms with Crippen LogP contribution in [-0.4, -0.2) is 48.2 Å². The number of hydrogen-bond acceptors (Lipinski definition) is 4. The Balaban J connectivity index is 1.31. The average Bonchev–Trinajstić information content (AvgIpc) is 3.21. The molecule has 1 amide bonds. The van der Waals surface area contributed by atoms with Gasteiger partial charge in [-0.15, -0.1) is 0 Å². The maximum absolute atomic E-state index is 13.1. The summed E-state index contributed by atoms with van der Waals surface area (Å²) in [7, 11) is 0. The predicted molar refractivity (Wildman–Crippen MR) is 116 cm³/mol. The minimum Gasteiger partial charge on any atom is -0.454 e. The van der Waals surface area contributed by atoms with Crippen LogP contribution in [-0.2, 0) is 0 Å². The van der Waals surface area contributed by atoms with Crippen LogP contribution < -0.4 is 9.47 Å². The Morgan fingerprint density at radius 2 is 1.77 bits per heavy atom. The zero-order chi connectivity index (χ0) is 20.9. The number of likely N-dealkylation sites (tertiary alicyclic amines) is 2. The summed E-state index contributed by atoms with van der Waals surface area (Å²) in [6.45, 7) is 7.39. The van der Waals surface area contributed by atoms with Crippen LogP contribution in [0.2, 0.25) is 5.02 Å². The number of hydrogen-bond donors (Lipinski definition) is 0. The molecule has 30 heavy (non-hydrogen) atoms. The number of amides is 1. The summed E-state index contributed by atoms with van der Waals surface area (Å²) in [5.41, 5.74) is 2.22. The van der Waals surface area contributed by atoms with Crippen LogP contribution >= 0.6 is 11.6 Å². The highest BCUT2D eigenvalue weighted by atomic mass is 35.5. The Morgan fingerprint density at radius 3 is 2.47 bits per heavy atom. The first kappa shape index (κ1) is 19.7. The smallest absolute Gasteiger partial charge is 0.253 e. The number of carbonyl (C=O) groups excluding carboxylic acids is 1. The van der Waals surface area contributed by atoms with E-state index in [-0.39, 0.29) is 18.1 Å². The summed E-state index contributed by atoms with van der Waals surface area (Å²) in [4.78, 5) is 17.6. The molecule has 2 aromatic rings. The minimum absolute atomic E-state index is 0.0752. The van der Waals surface area contributed by atoms with Crippen molar-refractivity contribution in [2.24, 2.45) is 5.41 Å². The molecule has 0 radical (unpaired) electrons. The lowest BCUT2D eigenvalue weighted by molar-refractivity contribution is -0.124. The van der Waals surface area contributed by atoms with E-state index in [2.05, 4.69) is 30.9 Å². The maximum Gasteiger partial charge on any atom is 0.253 e. The van der Waals surface area contributed by atoms with Gasteiger partial charge < -0.3 is 14.4 Å². The summed E-state index contributed by atoms with van der Waals surface area (Å²) >= 11 is 6.13.